The first-order valence-corrected chi connectivity index (χ1v) is 7.04. The molecule has 2 heterocycles. The topological polar surface area (TPSA) is 47.9 Å². The summed E-state index contributed by atoms with van der Waals surface area (Å²) in [5.74, 6) is 2.94. The first kappa shape index (κ1) is 12.4. The van der Waals surface area contributed by atoms with Crippen molar-refractivity contribution < 1.29 is 19.3 Å². The fraction of sp³-hybridized carbons (Fsp3) is 0.294. The van der Waals surface area contributed by atoms with Gasteiger partial charge in [-0.05, 0) is 24.1 Å². The summed E-state index contributed by atoms with van der Waals surface area (Å²) in [6.07, 6.45) is 0.878. The molecule has 0 fully saturated rings. The first-order valence-electron chi connectivity index (χ1n) is 7.04. The van der Waals surface area contributed by atoms with Gasteiger partial charge in [-0.15, -0.1) is 0 Å². The highest BCUT2D eigenvalue weighted by molar-refractivity contribution is 5.49. The Balaban J connectivity index is 1.73. The Morgan fingerprint density at radius 3 is 2.90 bits per heavy atom. The first-order chi connectivity index (χ1) is 10.2. The molecule has 4 nitrogen and oxygen atoms in total. The number of hydrogen-bond donors (Lipinski definition) is 1. The molecular weight excluding hydrogens is 268 g/mol. The zero-order chi connectivity index (χ0) is 14.4. The molecule has 21 heavy (non-hydrogen) atoms. The largest absolute Gasteiger partial charge is 0.508 e. The molecule has 2 aliphatic heterocycles. The molecule has 2 aliphatic rings. The van der Waals surface area contributed by atoms with E-state index in [1.165, 1.54) is 0 Å². The van der Waals surface area contributed by atoms with Crippen molar-refractivity contribution in [3.05, 3.63) is 47.5 Å². The molecular formula is C17H16O4. The van der Waals surface area contributed by atoms with Crippen LogP contribution in [0, 0.1) is 0 Å². The number of hydrogen-bond acceptors (Lipinski definition) is 4. The highest BCUT2D eigenvalue weighted by atomic mass is 16.5. The van der Waals surface area contributed by atoms with Gasteiger partial charge in [-0.1, -0.05) is 12.1 Å². The Kier molecular flexibility index (Phi) is 2.70. The Hall–Kier alpha value is -2.36. The van der Waals surface area contributed by atoms with Crippen LogP contribution in [-0.4, -0.2) is 24.9 Å². The van der Waals surface area contributed by atoms with Crippen LogP contribution in [0.25, 0.3) is 0 Å². The lowest BCUT2D eigenvalue weighted by atomic mass is 9.83. The summed E-state index contributed by atoms with van der Waals surface area (Å²) in [6.45, 7) is 0.514. The molecule has 108 valence electrons. The van der Waals surface area contributed by atoms with Crippen LogP contribution in [0.4, 0.5) is 0 Å². The third-order valence-corrected chi connectivity index (χ3v) is 4.24. The lowest BCUT2D eigenvalue weighted by molar-refractivity contribution is 0.0731. The minimum absolute atomic E-state index is 0.0137. The van der Waals surface area contributed by atoms with Gasteiger partial charge in [0.15, 0.2) is 0 Å². The highest BCUT2D eigenvalue weighted by Gasteiger charge is 2.37. The van der Waals surface area contributed by atoms with Crippen molar-refractivity contribution in [2.45, 2.75) is 18.4 Å². The lowest BCUT2D eigenvalue weighted by Gasteiger charge is -2.38. The van der Waals surface area contributed by atoms with Crippen LogP contribution >= 0.6 is 0 Å². The van der Waals surface area contributed by atoms with Crippen molar-refractivity contribution in [3.63, 3.8) is 0 Å². The van der Waals surface area contributed by atoms with E-state index in [2.05, 4.69) is 6.07 Å². The summed E-state index contributed by atoms with van der Waals surface area (Å²) in [4.78, 5) is 0. The zero-order valence-electron chi connectivity index (χ0n) is 11.7. The molecule has 0 saturated heterocycles. The number of fused-ring (bicyclic) bond motifs is 4. The van der Waals surface area contributed by atoms with Crippen molar-refractivity contribution in [2.75, 3.05) is 13.7 Å². The highest BCUT2D eigenvalue weighted by Crippen LogP contribution is 2.44. The molecule has 0 spiro atoms. The standard InChI is InChI=1S/C17H16O4/c1-19-12-4-5-13-14-6-10-2-3-11(18)7-15(10)21-17(14)9-20-16(13)8-12/h2-5,7-8,14,17-18H,6,9H2,1H3. The Morgan fingerprint density at radius 1 is 1.14 bits per heavy atom. The van der Waals surface area contributed by atoms with Gasteiger partial charge in [0.05, 0.1) is 7.11 Å². The molecule has 0 aliphatic carbocycles. The van der Waals surface area contributed by atoms with E-state index in [1.807, 2.05) is 18.2 Å². The fourth-order valence-corrected chi connectivity index (χ4v) is 3.14. The van der Waals surface area contributed by atoms with Crippen LogP contribution in [0.1, 0.15) is 17.0 Å². The monoisotopic (exact) mass is 284 g/mol. The van der Waals surface area contributed by atoms with Gasteiger partial charge < -0.3 is 19.3 Å². The number of aromatic hydroxyl groups is 1. The third-order valence-electron chi connectivity index (χ3n) is 4.24. The van der Waals surface area contributed by atoms with Crippen LogP contribution < -0.4 is 14.2 Å². The summed E-state index contributed by atoms with van der Waals surface area (Å²) in [7, 11) is 1.65. The molecule has 0 saturated carbocycles. The van der Waals surface area contributed by atoms with Crippen LogP contribution in [-0.2, 0) is 6.42 Å². The van der Waals surface area contributed by atoms with Crippen LogP contribution in [0.15, 0.2) is 36.4 Å². The molecule has 2 atom stereocenters. The van der Waals surface area contributed by atoms with Gasteiger partial charge in [-0.3, -0.25) is 0 Å². The van der Waals surface area contributed by atoms with Crippen molar-refractivity contribution >= 4 is 0 Å². The smallest absolute Gasteiger partial charge is 0.140 e. The van der Waals surface area contributed by atoms with E-state index in [1.54, 1.807) is 19.2 Å². The second-order valence-corrected chi connectivity index (χ2v) is 5.47. The number of phenols is 1. The SMILES string of the molecule is COc1ccc2c(c1)OCC1Oc3cc(O)ccc3CC21. The molecule has 2 unspecified atom stereocenters. The van der Waals surface area contributed by atoms with Crippen molar-refractivity contribution in [2.24, 2.45) is 0 Å². The number of methoxy groups -OCH3 is 1. The summed E-state index contributed by atoms with van der Waals surface area (Å²) in [6, 6.07) is 11.2. The average Bonchev–Trinajstić information content (AvgIpc) is 2.52. The molecule has 2 aromatic rings. The van der Waals surface area contributed by atoms with E-state index >= 15 is 0 Å². The van der Waals surface area contributed by atoms with E-state index in [0.717, 1.165) is 34.8 Å². The molecule has 0 radical (unpaired) electrons. The predicted molar refractivity (Wildman–Crippen MR) is 77.5 cm³/mol. The number of phenolic OH excluding ortho intramolecular Hbond substituents is 1. The average molecular weight is 284 g/mol. The van der Waals surface area contributed by atoms with E-state index in [9.17, 15) is 5.11 Å². The summed E-state index contributed by atoms with van der Waals surface area (Å²) in [5, 5.41) is 9.57. The van der Waals surface area contributed by atoms with Gasteiger partial charge in [0.2, 0.25) is 0 Å². The minimum atomic E-state index is -0.0137. The number of ether oxygens (including phenoxy) is 3. The predicted octanol–water partition coefficient (Wildman–Crippen LogP) is 2.88. The number of rotatable bonds is 1. The van der Waals surface area contributed by atoms with Crippen LogP contribution in [0.2, 0.25) is 0 Å². The molecule has 0 bridgehead atoms. The van der Waals surface area contributed by atoms with Gasteiger partial charge in [0.1, 0.15) is 35.7 Å². The summed E-state index contributed by atoms with van der Waals surface area (Å²) >= 11 is 0. The van der Waals surface area contributed by atoms with Gasteiger partial charge in [0.25, 0.3) is 0 Å². The van der Waals surface area contributed by atoms with E-state index < -0.39 is 0 Å². The maximum Gasteiger partial charge on any atom is 0.140 e. The Labute approximate surface area is 122 Å². The van der Waals surface area contributed by atoms with Crippen molar-refractivity contribution in [1.82, 2.24) is 0 Å². The quantitative estimate of drug-likeness (QED) is 0.874. The Morgan fingerprint density at radius 2 is 2.05 bits per heavy atom. The summed E-state index contributed by atoms with van der Waals surface area (Å²) < 4.78 is 17.1. The second-order valence-electron chi connectivity index (χ2n) is 5.47. The van der Waals surface area contributed by atoms with E-state index in [4.69, 9.17) is 14.2 Å². The minimum Gasteiger partial charge on any atom is -0.508 e. The molecule has 0 amide bonds. The van der Waals surface area contributed by atoms with Crippen molar-refractivity contribution in [3.8, 4) is 23.0 Å². The van der Waals surface area contributed by atoms with Gasteiger partial charge >= 0.3 is 0 Å². The number of benzene rings is 2. The third kappa shape index (κ3) is 1.98. The summed E-state index contributed by atoms with van der Waals surface area (Å²) in [5.41, 5.74) is 2.28. The maximum absolute atomic E-state index is 9.57. The normalized spacial score (nSPS) is 22.1. The molecule has 0 aromatic heterocycles. The molecule has 2 aromatic carbocycles. The van der Waals surface area contributed by atoms with Crippen molar-refractivity contribution in [1.29, 1.82) is 0 Å². The van der Waals surface area contributed by atoms with Crippen LogP contribution in [0.5, 0.6) is 23.0 Å². The molecule has 4 rings (SSSR count). The second kappa shape index (κ2) is 4.58. The Bertz CT molecular complexity index is 695. The van der Waals surface area contributed by atoms with Gasteiger partial charge in [-0.2, -0.15) is 0 Å². The lowest BCUT2D eigenvalue weighted by Crippen LogP contribution is -2.39. The van der Waals surface area contributed by atoms with Gasteiger partial charge in [-0.25, -0.2) is 0 Å². The molecule has 4 heteroatoms. The van der Waals surface area contributed by atoms with E-state index in [0.29, 0.717) is 6.61 Å². The zero-order valence-corrected chi connectivity index (χ0v) is 11.7. The molecule has 1 N–H and O–H groups in total. The fourth-order valence-electron chi connectivity index (χ4n) is 3.14. The maximum atomic E-state index is 9.57. The van der Waals surface area contributed by atoms with E-state index in [-0.39, 0.29) is 17.8 Å². The van der Waals surface area contributed by atoms with Gasteiger partial charge in [0, 0.05) is 23.6 Å². The van der Waals surface area contributed by atoms with Crippen LogP contribution in [0.3, 0.4) is 0 Å².